The summed E-state index contributed by atoms with van der Waals surface area (Å²) in [5.41, 5.74) is 7.14. The van der Waals surface area contributed by atoms with Gasteiger partial charge < -0.3 is 10.7 Å². The van der Waals surface area contributed by atoms with Gasteiger partial charge in [-0.05, 0) is 24.6 Å². The topological polar surface area (TPSA) is 84.7 Å². The Morgan fingerprint density at radius 2 is 2.22 bits per heavy atom. The van der Waals surface area contributed by atoms with E-state index in [4.69, 9.17) is 5.73 Å². The van der Waals surface area contributed by atoms with Gasteiger partial charge >= 0.3 is 0 Å². The summed E-state index contributed by atoms with van der Waals surface area (Å²) in [4.78, 5) is 23.7. The van der Waals surface area contributed by atoms with Gasteiger partial charge in [-0.1, -0.05) is 17.4 Å². The van der Waals surface area contributed by atoms with Gasteiger partial charge in [-0.2, -0.15) is 0 Å². The van der Waals surface area contributed by atoms with E-state index < -0.39 is 0 Å². The first kappa shape index (κ1) is 10.9. The average Bonchev–Trinajstić information content (AvgIpc) is 2.75. The van der Waals surface area contributed by atoms with Crippen LogP contribution in [-0.2, 0) is 0 Å². The van der Waals surface area contributed by atoms with Crippen LogP contribution in [0.4, 0.5) is 5.13 Å². The molecule has 0 spiro atoms. The summed E-state index contributed by atoms with van der Waals surface area (Å²) in [5.74, 6) is 0.605. The van der Waals surface area contributed by atoms with E-state index in [-0.39, 0.29) is 5.56 Å². The summed E-state index contributed by atoms with van der Waals surface area (Å²) < 4.78 is 0. The Balaban J connectivity index is 2.25. The minimum absolute atomic E-state index is 0.118. The SMILES string of the molecule is Cc1nc2cc(-c3cnc(N)s3)ccc2c(=O)[nH]1. The van der Waals surface area contributed by atoms with Gasteiger partial charge in [0.05, 0.1) is 15.8 Å². The third kappa shape index (κ3) is 1.76. The van der Waals surface area contributed by atoms with Gasteiger partial charge in [0.1, 0.15) is 5.82 Å². The summed E-state index contributed by atoms with van der Waals surface area (Å²) >= 11 is 1.41. The first-order valence-corrected chi connectivity index (χ1v) is 6.17. The van der Waals surface area contributed by atoms with Crippen molar-refractivity contribution < 1.29 is 0 Å². The maximum absolute atomic E-state index is 11.7. The highest BCUT2D eigenvalue weighted by molar-refractivity contribution is 7.18. The Kier molecular flexibility index (Phi) is 2.38. The van der Waals surface area contributed by atoms with E-state index in [1.807, 2.05) is 12.1 Å². The van der Waals surface area contributed by atoms with Gasteiger partial charge in [-0.25, -0.2) is 9.97 Å². The lowest BCUT2D eigenvalue weighted by Gasteiger charge is -2.01. The predicted molar refractivity (Wildman–Crippen MR) is 72.6 cm³/mol. The number of anilines is 1. The zero-order chi connectivity index (χ0) is 12.7. The Labute approximate surface area is 106 Å². The largest absolute Gasteiger partial charge is 0.375 e. The zero-order valence-corrected chi connectivity index (χ0v) is 10.4. The maximum atomic E-state index is 11.7. The van der Waals surface area contributed by atoms with E-state index in [1.165, 1.54) is 11.3 Å². The molecule has 6 heteroatoms. The van der Waals surface area contributed by atoms with E-state index in [2.05, 4.69) is 15.0 Å². The highest BCUT2D eigenvalue weighted by atomic mass is 32.1. The number of nitrogen functional groups attached to an aromatic ring is 1. The molecule has 0 radical (unpaired) electrons. The fourth-order valence-corrected chi connectivity index (χ4v) is 2.51. The molecular formula is C12H10N4OS. The average molecular weight is 258 g/mol. The van der Waals surface area contributed by atoms with Crippen LogP contribution in [0.2, 0.25) is 0 Å². The number of benzene rings is 1. The minimum atomic E-state index is -0.118. The van der Waals surface area contributed by atoms with Crippen LogP contribution >= 0.6 is 11.3 Å². The second-order valence-corrected chi connectivity index (χ2v) is 5.01. The van der Waals surface area contributed by atoms with Gasteiger partial charge in [0.25, 0.3) is 5.56 Å². The van der Waals surface area contributed by atoms with Crippen LogP contribution in [0.1, 0.15) is 5.82 Å². The second-order valence-electron chi connectivity index (χ2n) is 3.95. The molecule has 90 valence electrons. The predicted octanol–water partition coefficient (Wildman–Crippen LogP) is 1.94. The van der Waals surface area contributed by atoms with Crippen LogP contribution in [0.25, 0.3) is 21.3 Å². The van der Waals surface area contributed by atoms with E-state index in [0.29, 0.717) is 21.9 Å². The number of nitrogens with one attached hydrogen (secondary N) is 1. The lowest BCUT2D eigenvalue weighted by molar-refractivity contribution is 1.06. The van der Waals surface area contributed by atoms with Crippen LogP contribution in [-0.4, -0.2) is 15.0 Å². The standard InChI is InChI=1S/C12H10N4OS/c1-6-15-9-4-7(10-5-14-12(13)18-10)2-3-8(9)11(17)16-6/h2-5H,1H3,(H2,13,14)(H,15,16,17). The molecule has 0 unspecified atom stereocenters. The minimum Gasteiger partial charge on any atom is -0.375 e. The number of aromatic amines is 1. The molecule has 3 N–H and O–H groups in total. The number of aryl methyl sites for hydroxylation is 1. The lowest BCUT2D eigenvalue weighted by Crippen LogP contribution is -2.09. The van der Waals surface area contributed by atoms with E-state index in [9.17, 15) is 4.79 Å². The van der Waals surface area contributed by atoms with Gasteiger partial charge in [-0.15, -0.1) is 0 Å². The summed E-state index contributed by atoms with van der Waals surface area (Å²) in [5, 5.41) is 1.11. The van der Waals surface area contributed by atoms with Crippen LogP contribution < -0.4 is 11.3 Å². The van der Waals surface area contributed by atoms with Crippen LogP contribution in [0.15, 0.2) is 29.2 Å². The zero-order valence-electron chi connectivity index (χ0n) is 9.60. The summed E-state index contributed by atoms with van der Waals surface area (Å²) in [6, 6.07) is 5.53. The molecule has 0 aliphatic rings. The molecule has 0 amide bonds. The lowest BCUT2D eigenvalue weighted by atomic mass is 10.1. The number of hydrogen-bond donors (Lipinski definition) is 2. The van der Waals surface area contributed by atoms with E-state index in [1.54, 1.807) is 19.2 Å². The third-order valence-electron chi connectivity index (χ3n) is 2.63. The molecule has 0 aliphatic carbocycles. The molecule has 2 aromatic heterocycles. The molecule has 0 saturated carbocycles. The van der Waals surface area contributed by atoms with Gasteiger partial charge in [0.2, 0.25) is 0 Å². The van der Waals surface area contributed by atoms with Gasteiger partial charge in [0, 0.05) is 6.20 Å². The number of aromatic nitrogens is 3. The van der Waals surface area contributed by atoms with Crippen molar-refractivity contribution in [3.05, 3.63) is 40.6 Å². The number of nitrogens with zero attached hydrogens (tertiary/aromatic N) is 2. The summed E-state index contributed by atoms with van der Waals surface area (Å²) in [7, 11) is 0. The monoisotopic (exact) mass is 258 g/mol. The number of H-pyrrole nitrogens is 1. The highest BCUT2D eigenvalue weighted by Crippen LogP contribution is 2.28. The molecule has 0 bridgehead atoms. The molecule has 3 aromatic rings. The van der Waals surface area contributed by atoms with Crippen molar-refractivity contribution in [2.75, 3.05) is 5.73 Å². The van der Waals surface area contributed by atoms with Crippen molar-refractivity contribution in [1.82, 2.24) is 15.0 Å². The summed E-state index contributed by atoms with van der Waals surface area (Å²) in [6.07, 6.45) is 1.72. The highest BCUT2D eigenvalue weighted by Gasteiger charge is 2.06. The Morgan fingerprint density at radius 1 is 1.39 bits per heavy atom. The molecule has 0 aliphatic heterocycles. The fourth-order valence-electron chi connectivity index (χ4n) is 1.83. The number of thiazole rings is 1. The van der Waals surface area contributed by atoms with Crippen molar-refractivity contribution in [2.24, 2.45) is 0 Å². The van der Waals surface area contributed by atoms with Crippen molar-refractivity contribution in [3.8, 4) is 10.4 Å². The van der Waals surface area contributed by atoms with Crippen LogP contribution in [0.5, 0.6) is 0 Å². The second kappa shape index (κ2) is 3.92. The first-order chi connectivity index (χ1) is 8.63. The number of nitrogens with two attached hydrogens (primary N) is 1. The number of rotatable bonds is 1. The van der Waals surface area contributed by atoms with Crippen molar-refractivity contribution in [3.63, 3.8) is 0 Å². The van der Waals surface area contributed by atoms with Gasteiger partial charge in [0.15, 0.2) is 5.13 Å². The van der Waals surface area contributed by atoms with Crippen LogP contribution in [0, 0.1) is 6.92 Å². The molecular weight excluding hydrogens is 248 g/mol. The summed E-state index contributed by atoms with van der Waals surface area (Å²) in [6.45, 7) is 1.76. The Morgan fingerprint density at radius 3 is 2.94 bits per heavy atom. The van der Waals surface area contributed by atoms with Crippen molar-refractivity contribution in [1.29, 1.82) is 0 Å². The smallest absolute Gasteiger partial charge is 0.258 e. The maximum Gasteiger partial charge on any atom is 0.258 e. The molecule has 18 heavy (non-hydrogen) atoms. The Hall–Kier alpha value is -2.21. The normalized spacial score (nSPS) is 10.9. The van der Waals surface area contributed by atoms with E-state index in [0.717, 1.165) is 10.4 Å². The van der Waals surface area contributed by atoms with Crippen molar-refractivity contribution in [2.45, 2.75) is 6.92 Å². The first-order valence-electron chi connectivity index (χ1n) is 5.36. The Bertz CT molecular complexity index is 790. The van der Waals surface area contributed by atoms with Crippen molar-refractivity contribution >= 4 is 27.4 Å². The molecule has 3 rings (SSSR count). The molecule has 2 heterocycles. The number of fused-ring (bicyclic) bond motifs is 1. The van der Waals surface area contributed by atoms with Crippen LogP contribution in [0.3, 0.4) is 0 Å². The molecule has 1 aromatic carbocycles. The quantitative estimate of drug-likeness (QED) is 0.698. The number of hydrogen-bond acceptors (Lipinski definition) is 5. The molecule has 5 nitrogen and oxygen atoms in total. The third-order valence-corrected chi connectivity index (χ3v) is 3.51. The van der Waals surface area contributed by atoms with Gasteiger partial charge in [-0.3, -0.25) is 4.79 Å². The fraction of sp³-hybridized carbons (Fsp3) is 0.0833. The van der Waals surface area contributed by atoms with E-state index >= 15 is 0 Å². The molecule has 0 fully saturated rings. The molecule has 0 atom stereocenters. The molecule has 0 saturated heterocycles.